The third kappa shape index (κ3) is 6.34. The highest BCUT2D eigenvalue weighted by atomic mass is 16.5. The van der Waals surface area contributed by atoms with E-state index in [0.717, 1.165) is 51.7 Å². The molecule has 2 fully saturated rings. The number of hydrogen-bond acceptors (Lipinski definition) is 4. The van der Waals surface area contributed by atoms with Crippen LogP contribution in [0.1, 0.15) is 64.2 Å². The van der Waals surface area contributed by atoms with E-state index in [0.29, 0.717) is 19.1 Å². The SMILES string of the molecule is COCC[C@@]1(CO)CCCN(CCC(=O)NC2CCCCCC2)C1. The summed E-state index contributed by atoms with van der Waals surface area (Å²) < 4.78 is 5.21. The molecule has 1 aliphatic carbocycles. The first-order valence-corrected chi connectivity index (χ1v) is 9.79. The van der Waals surface area contributed by atoms with Crippen molar-refractivity contribution in [2.75, 3.05) is 40.0 Å². The molecule has 1 saturated carbocycles. The van der Waals surface area contributed by atoms with Gasteiger partial charge in [-0.2, -0.15) is 0 Å². The van der Waals surface area contributed by atoms with Gasteiger partial charge in [-0.3, -0.25) is 4.79 Å². The topological polar surface area (TPSA) is 61.8 Å². The molecule has 0 aromatic carbocycles. The number of rotatable bonds is 8. The number of hydrogen-bond donors (Lipinski definition) is 2. The van der Waals surface area contributed by atoms with Crippen molar-refractivity contribution in [2.45, 2.75) is 70.3 Å². The number of carbonyl (C=O) groups is 1. The first kappa shape index (κ1) is 19.7. The molecule has 5 heteroatoms. The molecule has 2 N–H and O–H groups in total. The summed E-state index contributed by atoms with van der Waals surface area (Å²) >= 11 is 0. The monoisotopic (exact) mass is 340 g/mol. The molecule has 0 bridgehead atoms. The van der Waals surface area contributed by atoms with E-state index >= 15 is 0 Å². The lowest BCUT2D eigenvalue weighted by Gasteiger charge is -2.41. The summed E-state index contributed by atoms with van der Waals surface area (Å²) in [5.74, 6) is 0.193. The Morgan fingerprint density at radius 2 is 2.00 bits per heavy atom. The number of piperidine rings is 1. The van der Waals surface area contributed by atoms with Gasteiger partial charge < -0.3 is 20.1 Å². The Hall–Kier alpha value is -0.650. The molecule has 0 unspecified atom stereocenters. The van der Waals surface area contributed by atoms with Gasteiger partial charge in [0, 0.05) is 44.7 Å². The first-order chi connectivity index (χ1) is 11.7. The average Bonchev–Trinajstić information content (AvgIpc) is 2.87. The van der Waals surface area contributed by atoms with Crippen LogP contribution in [0, 0.1) is 5.41 Å². The summed E-state index contributed by atoms with van der Waals surface area (Å²) in [5, 5.41) is 13.1. The van der Waals surface area contributed by atoms with Gasteiger partial charge in [-0.05, 0) is 38.6 Å². The van der Waals surface area contributed by atoms with E-state index in [1.165, 1.54) is 25.7 Å². The van der Waals surface area contributed by atoms with Crippen LogP contribution in [-0.4, -0.2) is 61.9 Å². The Morgan fingerprint density at radius 3 is 2.67 bits per heavy atom. The van der Waals surface area contributed by atoms with Crippen LogP contribution in [-0.2, 0) is 9.53 Å². The van der Waals surface area contributed by atoms with Crippen LogP contribution >= 0.6 is 0 Å². The molecule has 5 nitrogen and oxygen atoms in total. The van der Waals surface area contributed by atoms with Gasteiger partial charge >= 0.3 is 0 Å². The van der Waals surface area contributed by atoms with Crippen molar-refractivity contribution in [1.82, 2.24) is 10.2 Å². The Balaban J connectivity index is 1.73. The fourth-order valence-corrected chi connectivity index (χ4v) is 4.21. The van der Waals surface area contributed by atoms with E-state index in [-0.39, 0.29) is 17.9 Å². The number of methoxy groups -OCH3 is 1. The molecule has 1 atom stereocenters. The highest BCUT2D eigenvalue weighted by Gasteiger charge is 2.34. The van der Waals surface area contributed by atoms with Crippen LogP contribution < -0.4 is 5.32 Å². The highest BCUT2D eigenvalue weighted by molar-refractivity contribution is 5.76. The summed E-state index contributed by atoms with van der Waals surface area (Å²) in [6, 6.07) is 0.389. The molecule has 1 aliphatic heterocycles. The minimum atomic E-state index is -0.0496. The predicted molar refractivity (Wildman–Crippen MR) is 95.9 cm³/mol. The Labute approximate surface area is 147 Å². The third-order valence-electron chi connectivity index (χ3n) is 5.79. The molecule has 0 spiro atoms. The normalized spacial score (nSPS) is 26.9. The van der Waals surface area contributed by atoms with Crippen molar-refractivity contribution in [3.8, 4) is 0 Å². The number of carbonyl (C=O) groups excluding carboxylic acids is 1. The number of ether oxygens (including phenoxy) is 1. The van der Waals surface area contributed by atoms with Crippen molar-refractivity contribution in [1.29, 1.82) is 0 Å². The number of aliphatic hydroxyl groups is 1. The largest absolute Gasteiger partial charge is 0.396 e. The van der Waals surface area contributed by atoms with E-state index in [1.54, 1.807) is 7.11 Å². The van der Waals surface area contributed by atoms with Crippen LogP contribution in [0.25, 0.3) is 0 Å². The lowest BCUT2D eigenvalue weighted by molar-refractivity contribution is -0.122. The lowest BCUT2D eigenvalue weighted by Crippen LogP contribution is -2.47. The zero-order chi connectivity index (χ0) is 17.3. The maximum atomic E-state index is 12.3. The van der Waals surface area contributed by atoms with E-state index in [1.807, 2.05) is 0 Å². The standard InChI is InChI=1S/C19H36N2O3/c1-24-14-11-19(16-22)10-6-12-21(15-19)13-9-18(23)20-17-7-4-2-3-5-8-17/h17,22H,2-16H2,1H3,(H,20,23)/t19-/m0/s1. The molecule has 0 aromatic heterocycles. The Morgan fingerprint density at radius 1 is 1.25 bits per heavy atom. The molecule has 0 aromatic rings. The van der Waals surface area contributed by atoms with Gasteiger partial charge in [0.25, 0.3) is 0 Å². The van der Waals surface area contributed by atoms with Crippen molar-refractivity contribution < 1.29 is 14.6 Å². The van der Waals surface area contributed by atoms with Gasteiger partial charge in [0.2, 0.25) is 5.91 Å². The molecule has 0 radical (unpaired) electrons. The molecule has 1 amide bonds. The van der Waals surface area contributed by atoms with E-state index in [9.17, 15) is 9.90 Å². The van der Waals surface area contributed by atoms with Crippen LogP contribution in [0.4, 0.5) is 0 Å². The lowest BCUT2D eigenvalue weighted by atomic mass is 9.78. The van der Waals surface area contributed by atoms with Crippen LogP contribution in [0.15, 0.2) is 0 Å². The molecule has 140 valence electrons. The second-order valence-corrected chi connectivity index (χ2v) is 7.79. The van der Waals surface area contributed by atoms with Gasteiger partial charge in [0.05, 0.1) is 6.61 Å². The number of nitrogens with one attached hydrogen (secondary N) is 1. The predicted octanol–water partition coefficient (Wildman–Crippen LogP) is 2.33. The summed E-state index contributed by atoms with van der Waals surface area (Å²) in [5.41, 5.74) is -0.0496. The second-order valence-electron chi connectivity index (χ2n) is 7.79. The average molecular weight is 341 g/mol. The molecule has 24 heavy (non-hydrogen) atoms. The fraction of sp³-hybridized carbons (Fsp3) is 0.947. The zero-order valence-electron chi connectivity index (χ0n) is 15.4. The summed E-state index contributed by atoms with van der Waals surface area (Å²) in [6.45, 7) is 3.61. The maximum Gasteiger partial charge on any atom is 0.221 e. The molecular formula is C19H36N2O3. The minimum Gasteiger partial charge on any atom is -0.396 e. The van der Waals surface area contributed by atoms with Crippen LogP contribution in [0.3, 0.4) is 0 Å². The van der Waals surface area contributed by atoms with Gasteiger partial charge in [-0.25, -0.2) is 0 Å². The molecular weight excluding hydrogens is 304 g/mol. The minimum absolute atomic E-state index is 0.0496. The summed E-state index contributed by atoms with van der Waals surface area (Å²) in [6.07, 6.45) is 11.0. The van der Waals surface area contributed by atoms with E-state index in [2.05, 4.69) is 10.2 Å². The van der Waals surface area contributed by atoms with Gasteiger partial charge in [0.1, 0.15) is 0 Å². The van der Waals surface area contributed by atoms with Crippen molar-refractivity contribution in [3.05, 3.63) is 0 Å². The molecule has 1 heterocycles. The number of amides is 1. The summed E-state index contributed by atoms with van der Waals surface area (Å²) in [7, 11) is 1.71. The van der Waals surface area contributed by atoms with Crippen LogP contribution in [0.5, 0.6) is 0 Å². The quantitative estimate of drug-likeness (QED) is 0.666. The fourth-order valence-electron chi connectivity index (χ4n) is 4.21. The number of nitrogens with zero attached hydrogens (tertiary/aromatic N) is 1. The van der Waals surface area contributed by atoms with E-state index in [4.69, 9.17) is 4.74 Å². The zero-order valence-corrected chi connectivity index (χ0v) is 15.4. The van der Waals surface area contributed by atoms with Crippen molar-refractivity contribution >= 4 is 5.91 Å². The second kappa shape index (κ2) is 10.4. The van der Waals surface area contributed by atoms with Gasteiger partial charge in [-0.15, -0.1) is 0 Å². The van der Waals surface area contributed by atoms with Gasteiger partial charge in [-0.1, -0.05) is 25.7 Å². The number of aliphatic hydroxyl groups excluding tert-OH is 1. The molecule has 2 rings (SSSR count). The Bertz CT molecular complexity index is 370. The maximum absolute atomic E-state index is 12.3. The van der Waals surface area contributed by atoms with E-state index < -0.39 is 0 Å². The molecule has 2 aliphatic rings. The summed E-state index contributed by atoms with van der Waals surface area (Å²) in [4.78, 5) is 14.6. The first-order valence-electron chi connectivity index (χ1n) is 9.79. The smallest absolute Gasteiger partial charge is 0.221 e. The van der Waals surface area contributed by atoms with Crippen LogP contribution in [0.2, 0.25) is 0 Å². The molecule has 1 saturated heterocycles. The van der Waals surface area contributed by atoms with Crippen molar-refractivity contribution in [3.63, 3.8) is 0 Å². The highest BCUT2D eigenvalue weighted by Crippen LogP contribution is 2.33. The van der Waals surface area contributed by atoms with Crippen molar-refractivity contribution in [2.24, 2.45) is 5.41 Å². The number of likely N-dealkylation sites (tertiary alicyclic amines) is 1. The third-order valence-corrected chi connectivity index (χ3v) is 5.79. The van der Waals surface area contributed by atoms with Gasteiger partial charge in [0.15, 0.2) is 0 Å². The Kier molecular flexibility index (Phi) is 8.50.